The van der Waals surface area contributed by atoms with Crippen LogP contribution in [0, 0.1) is 6.92 Å². The lowest BCUT2D eigenvalue weighted by Gasteiger charge is -2.38. The van der Waals surface area contributed by atoms with E-state index in [1.54, 1.807) is 44.6 Å². The lowest BCUT2D eigenvalue weighted by molar-refractivity contribution is 0.176. The third kappa shape index (κ3) is 5.21. The summed E-state index contributed by atoms with van der Waals surface area (Å²) in [5, 5.41) is 0. The van der Waals surface area contributed by atoms with E-state index in [4.69, 9.17) is 9.47 Å². The van der Waals surface area contributed by atoms with Crippen LogP contribution in [0.5, 0.6) is 11.5 Å². The van der Waals surface area contributed by atoms with E-state index in [0.717, 1.165) is 30.6 Å². The molecule has 0 saturated heterocycles. The first-order valence-corrected chi connectivity index (χ1v) is 12.5. The molecule has 6 nitrogen and oxygen atoms in total. The molecule has 0 saturated carbocycles. The molecule has 174 valence electrons. The number of nitrogens with zero attached hydrogens (tertiary/aromatic N) is 1. The van der Waals surface area contributed by atoms with Crippen molar-refractivity contribution in [2.75, 3.05) is 27.3 Å². The largest absolute Gasteiger partial charge is 0.493 e. The molecule has 0 amide bonds. The number of ether oxygens (including phenoxy) is 2. The smallest absolute Gasteiger partial charge is 0.240 e. The second kappa shape index (κ2) is 9.95. The maximum absolute atomic E-state index is 12.9. The van der Waals surface area contributed by atoms with Gasteiger partial charge in [0.05, 0.1) is 19.1 Å². The van der Waals surface area contributed by atoms with Crippen LogP contribution in [0.25, 0.3) is 0 Å². The van der Waals surface area contributed by atoms with Crippen LogP contribution in [-0.2, 0) is 23.0 Å². The summed E-state index contributed by atoms with van der Waals surface area (Å²) in [6, 6.07) is 20.8. The summed E-state index contributed by atoms with van der Waals surface area (Å²) in [5.74, 6) is 1.33. The van der Waals surface area contributed by atoms with Gasteiger partial charge in [0, 0.05) is 25.7 Å². The fourth-order valence-electron chi connectivity index (χ4n) is 4.31. The highest BCUT2D eigenvalue weighted by molar-refractivity contribution is 7.89. The molecule has 3 aromatic rings. The van der Waals surface area contributed by atoms with E-state index < -0.39 is 10.0 Å². The van der Waals surface area contributed by atoms with Gasteiger partial charge in [-0.3, -0.25) is 4.90 Å². The molecule has 1 heterocycles. The van der Waals surface area contributed by atoms with Crippen molar-refractivity contribution in [1.82, 2.24) is 9.62 Å². The Balaban J connectivity index is 1.66. The monoisotopic (exact) mass is 466 g/mol. The molecule has 1 aliphatic heterocycles. The molecule has 1 atom stereocenters. The van der Waals surface area contributed by atoms with Crippen molar-refractivity contribution in [1.29, 1.82) is 0 Å². The molecule has 0 aromatic heterocycles. The molecule has 33 heavy (non-hydrogen) atoms. The van der Waals surface area contributed by atoms with Crippen molar-refractivity contribution in [2.24, 2.45) is 0 Å². The fourth-order valence-corrected chi connectivity index (χ4v) is 5.37. The zero-order chi connectivity index (χ0) is 23.4. The van der Waals surface area contributed by atoms with Gasteiger partial charge in [0.15, 0.2) is 11.5 Å². The summed E-state index contributed by atoms with van der Waals surface area (Å²) in [7, 11) is -0.383. The highest BCUT2D eigenvalue weighted by atomic mass is 32.2. The number of hydrogen-bond donors (Lipinski definition) is 1. The lowest BCUT2D eigenvalue weighted by Crippen LogP contribution is -2.41. The second-order valence-corrected chi connectivity index (χ2v) is 10.1. The van der Waals surface area contributed by atoms with Gasteiger partial charge in [-0.1, -0.05) is 48.0 Å². The maximum Gasteiger partial charge on any atom is 0.240 e. The van der Waals surface area contributed by atoms with Crippen LogP contribution in [0.3, 0.4) is 0 Å². The molecule has 0 radical (unpaired) electrons. The van der Waals surface area contributed by atoms with Crippen molar-refractivity contribution in [3.05, 3.63) is 89.0 Å². The quantitative estimate of drug-likeness (QED) is 0.542. The molecule has 0 unspecified atom stereocenters. The van der Waals surface area contributed by atoms with Crippen LogP contribution < -0.4 is 14.2 Å². The van der Waals surface area contributed by atoms with Crippen molar-refractivity contribution in [3.63, 3.8) is 0 Å². The molecule has 7 heteroatoms. The fraction of sp³-hybridized carbons (Fsp3) is 0.308. The molecule has 0 spiro atoms. The Hall–Kier alpha value is -2.87. The van der Waals surface area contributed by atoms with E-state index in [2.05, 4.69) is 40.8 Å². The highest BCUT2D eigenvalue weighted by Gasteiger charge is 2.30. The predicted molar refractivity (Wildman–Crippen MR) is 129 cm³/mol. The van der Waals surface area contributed by atoms with Crippen molar-refractivity contribution in [3.8, 4) is 11.5 Å². The van der Waals surface area contributed by atoms with Gasteiger partial charge in [-0.05, 0) is 54.3 Å². The van der Waals surface area contributed by atoms with Crippen LogP contribution >= 0.6 is 0 Å². The summed E-state index contributed by atoms with van der Waals surface area (Å²) >= 11 is 0. The minimum atomic E-state index is -3.63. The van der Waals surface area contributed by atoms with Crippen molar-refractivity contribution < 1.29 is 17.9 Å². The van der Waals surface area contributed by atoms with Crippen LogP contribution in [0.2, 0.25) is 0 Å². The average molecular weight is 467 g/mol. The van der Waals surface area contributed by atoms with Gasteiger partial charge >= 0.3 is 0 Å². The number of benzene rings is 3. The zero-order valence-corrected chi connectivity index (χ0v) is 20.1. The van der Waals surface area contributed by atoms with Crippen LogP contribution in [0.4, 0.5) is 0 Å². The van der Waals surface area contributed by atoms with E-state index in [-0.39, 0.29) is 17.5 Å². The van der Waals surface area contributed by atoms with Crippen molar-refractivity contribution in [2.45, 2.75) is 30.8 Å². The molecule has 0 fully saturated rings. The van der Waals surface area contributed by atoms with E-state index in [1.165, 1.54) is 11.1 Å². The van der Waals surface area contributed by atoms with Crippen molar-refractivity contribution >= 4 is 10.0 Å². The highest BCUT2D eigenvalue weighted by Crippen LogP contribution is 2.38. The number of methoxy groups -OCH3 is 2. The first kappa shape index (κ1) is 23.3. The van der Waals surface area contributed by atoms with Gasteiger partial charge in [-0.2, -0.15) is 0 Å². The first-order chi connectivity index (χ1) is 15.9. The maximum atomic E-state index is 12.9. The van der Waals surface area contributed by atoms with E-state index >= 15 is 0 Å². The normalized spacial score (nSPS) is 16.3. The van der Waals surface area contributed by atoms with Gasteiger partial charge in [-0.25, -0.2) is 13.1 Å². The van der Waals surface area contributed by atoms with Gasteiger partial charge in [-0.15, -0.1) is 0 Å². The van der Waals surface area contributed by atoms with E-state index in [9.17, 15) is 8.42 Å². The number of fused-ring (bicyclic) bond motifs is 1. The summed E-state index contributed by atoms with van der Waals surface area (Å²) in [4.78, 5) is 2.59. The van der Waals surface area contributed by atoms with Crippen LogP contribution in [0.15, 0.2) is 71.6 Å². The first-order valence-electron chi connectivity index (χ1n) is 11.0. The SMILES string of the molecule is COc1cc2c(cc1OC)[C@@H](CNS(=O)(=O)c1ccccc1)N(Cc1ccc(C)cc1)CC2. The molecule has 0 bridgehead atoms. The van der Waals surface area contributed by atoms with Gasteiger partial charge in [0.1, 0.15) is 0 Å². The molecule has 0 aliphatic carbocycles. The molecule has 1 N–H and O–H groups in total. The Morgan fingerprint density at radius 2 is 1.64 bits per heavy atom. The lowest BCUT2D eigenvalue weighted by atomic mass is 9.91. The Kier molecular flexibility index (Phi) is 7.02. The van der Waals surface area contributed by atoms with Crippen LogP contribution in [0.1, 0.15) is 28.3 Å². The molecule has 1 aliphatic rings. The van der Waals surface area contributed by atoms with Gasteiger partial charge in [0.25, 0.3) is 0 Å². The van der Waals surface area contributed by atoms with Gasteiger partial charge < -0.3 is 9.47 Å². The number of aryl methyl sites for hydroxylation is 1. The zero-order valence-electron chi connectivity index (χ0n) is 19.2. The topological polar surface area (TPSA) is 67.9 Å². The Morgan fingerprint density at radius 1 is 0.970 bits per heavy atom. The molecule has 3 aromatic carbocycles. The Bertz CT molecular complexity index is 1190. The van der Waals surface area contributed by atoms with Crippen LogP contribution in [-0.4, -0.2) is 40.6 Å². The van der Waals surface area contributed by atoms with E-state index in [1.807, 2.05) is 12.1 Å². The Morgan fingerprint density at radius 3 is 2.30 bits per heavy atom. The minimum absolute atomic E-state index is 0.145. The summed E-state index contributed by atoms with van der Waals surface area (Å²) in [6.45, 7) is 3.87. The summed E-state index contributed by atoms with van der Waals surface area (Å²) in [6.07, 6.45) is 0.851. The predicted octanol–water partition coefficient (Wildman–Crippen LogP) is 4.09. The average Bonchev–Trinajstić information content (AvgIpc) is 2.84. The van der Waals surface area contributed by atoms with E-state index in [0.29, 0.717) is 11.5 Å². The molecular formula is C26H30N2O4S. The molecular weight excluding hydrogens is 436 g/mol. The minimum Gasteiger partial charge on any atom is -0.493 e. The second-order valence-electron chi connectivity index (χ2n) is 8.29. The molecule has 4 rings (SSSR count). The Labute approximate surface area is 196 Å². The third-order valence-corrected chi connectivity index (χ3v) is 7.58. The number of nitrogens with one attached hydrogen (secondary N) is 1. The third-order valence-electron chi connectivity index (χ3n) is 6.14. The number of hydrogen-bond acceptors (Lipinski definition) is 5. The summed E-state index contributed by atoms with van der Waals surface area (Å²) < 4.78 is 39.8. The summed E-state index contributed by atoms with van der Waals surface area (Å²) in [5.41, 5.74) is 4.62. The number of sulfonamides is 1. The van der Waals surface area contributed by atoms with Gasteiger partial charge in [0.2, 0.25) is 10.0 Å². The number of rotatable bonds is 8. The standard InChI is InChI=1S/C26H30N2O4S/c1-19-9-11-20(12-10-19)18-28-14-13-21-15-25(31-2)26(32-3)16-23(21)24(28)17-27-33(29,30)22-7-5-4-6-8-22/h4-12,15-16,24,27H,13-14,17-18H2,1-3H3/t24-/m1/s1.